The average molecular weight is 438 g/mol. The van der Waals surface area contributed by atoms with Gasteiger partial charge in [0.25, 0.3) is 0 Å². The fraction of sp³-hybridized carbons (Fsp3) is 0.684. The van der Waals surface area contributed by atoms with Crippen molar-refractivity contribution in [3.05, 3.63) is 10.6 Å². The van der Waals surface area contributed by atoms with Gasteiger partial charge in [-0.1, -0.05) is 6.92 Å². The van der Waals surface area contributed by atoms with Crippen molar-refractivity contribution in [3.63, 3.8) is 0 Å². The number of carboxylic acids is 1. The maximum atomic E-state index is 12.7. The van der Waals surface area contributed by atoms with Gasteiger partial charge in [0, 0.05) is 35.7 Å². The van der Waals surface area contributed by atoms with Crippen LogP contribution in [-0.2, 0) is 14.4 Å². The van der Waals surface area contributed by atoms with Crippen LogP contribution in [0.2, 0.25) is 0 Å². The van der Waals surface area contributed by atoms with Gasteiger partial charge in [0.2, 0.25) is 11.8 Å². The number of aliphatic hydroxyl groups excluding tert-OH is 1. The Morgan fingerprint density at radius 1 is 1.40 bits per heavy atom. The molecule has 0 aromatic rings. The molecule has 3 fully saturated rings. The fourth-order valence-corrected chi connectivity index (χ4v) is 6.39. The molecule has 30 heavy (non-hydrogen) atoms. The van der Waals surface area contributed by atoms with Crippen molar-refractivity contribution in [1.29, 1.82) is 0 Å². The number of hydrogen-bond acceptors (Lipinski definition) is 7. The molecule has 0 aromatic carbocycles. The first kappa shape index (κ1) is 21.1. The number of thioether (sulfide) groups is 1. The van der Waals surface area contributed by atoms with Crippen LogP contribution in [0.15, 0.2) is 15.6 Å². The maximum absolute atomic E-state index is 12.7. The minimum atomic E-state index is -1.13. The second kappa shape index (κ2) is 7.86. The maximum Gasteiger partial charge on any atom is 0.353 e. The number of aliphatic hydroxyl groups is 1. The predicted octanol–water partition coefficient (Wildman–Crippen LogP) is -1.20. The lowest BCUT2D eigenvalue weighted by molar-refractivity contribution is -0.163. The van der Waals surface area contributed by atoms with E-state index in [9.17, 15) is 24.6 Å². The highest BCUT2D eigenvalue weighted by Gasteiger charge is 2.60. The molecule has 4 heterocycles. The second-order valence-electron chi connectivity index (χ2n) is 8.40. The Kier molecular flexibility index (Phi) is 5.54. The standard InChI is InChI=1S/C19H27N5O5S/c1-8-14-13(9(2)25)18(27)24(14)15(19(28)29)16(8)30-11-3-12(21-4-11)17(26)23-5-10(6-23)22-7-20/h7-14,21,25H,3-6H2,1-2H3,(H2,20,22)(H,28,29)/t8-,9+,11+,12+,13-,14-/m1/s1. The van der Waals surface area contributed by atoms with Crippen LogP contribution < -0.4 is 11.1 Å². The number of fused-ring (bicyclic) bond motifs is 1. The number of hydrogen-bond donors (Lipinski definition) is 4. The number of nitrogens with one attached hydrogen (secondary N) is 1. The summed E-state index contributed by atoms with van der Waals surface area (Å²) in [6, 6.07) is -0.559. The van der Waals surface area contributed by atoms with Crippen LogP contribution in [0.4, 0.5) is 0 Å². The molecular formula is C19H27N5O5S. The molecule has 3 saturated heterocycles. The number of likely N-dealkylation sites (tertiary alicyclic amines) is 1. The highest BCUT2D eigenvalue weighted by Crippen LogP contribution is 2.51. The number of carboxylic acid groups (broad SMARTS) is 1. The Morgan fingerprint density at radius 2 is 2.10 bits per heavy atom. The van der Waals surface area contributed by atoms with Crippen molar-refractivity contribution in [3.8, 4) is 0 Å². The summed E-state index contributed by atoms with van der Waals surface area (Å²) in [6.07, 6.45) is 1.03. The molecular weight excluding hydrogens is 410 g/mol. The Balaban J connectivity index is 1.41. The summed E-state index contributed by atoms with van der Waals surface area (Å²) in [5, 5.41) is 23.0. The molecule has 6 atom stereocenters. The van der Waals surface area contributed by atoms with E-state index in [4.69, 9.17) is 5.73 Å². The molecule has 10 nitrogen and oxygen atoms in total. The van der Waals surface area contributed by atoms with Crippen molar-refractivity contribution in [2.45, 2.75) is 49.7 Å². The third kappa shape index (κ3) is 3.28. The van der Waals surface area contributed by atoms with Gasteiger partial charge >= 0.3 is 5.97 Å². The van der Waals surface area contributed by atoms with Crippen LogP contribution in [0, 0.1) is 11.8 Å². The molecule has 164 valence electrons. The van der Waals surface area contributed by atoms with E-state index in [1.54, 1.807) is 11.8 Å². The van der Waals surface area contributed by atoms with Crippen molar-refractivity contribution < 1.29 is 24.6 Å². The Labute approximate surface area is 178 Å². The summed E-state index contributed by atoms with van der Waals surface area (Å²) < 4.78 is 0. The monoisotopic (exact) mass is 437 g/mol. The quantitative estimate of drug-likeness (QED) is 0.230. The zero-order chi connectivity index (χ0) is 21.7. The molecule has 11 heteroatoms. The predicted molar refractivity (Wildman–Crippen MR) is 110 cm³/mol. The van der Waals surface area contributed by atoms with Gasteiger partial charge in [-0.25, -0.2) is 4.79 Å². The summed E-state index contributed by atoms with van der Waals surface area (Å²) in [7, 11) is 0. The van der Waals surface area contributed by atoms with Crippen LogP contribution in [0.1, 0.15) is 20.3 Å². The number of nitrogens with zero attached hydrogens (tertiary/aromatic N) is 3. The van der Waals surface area contributed by atoms with E-state index >= 15 is 0 Å². The van der Waals surface area contributed by atoms with E-state index in [0.29, 0.717) is 31.0 Å². The Bertz CT molecular complexity index is 824. The fourth-order valence-electron chi connectivity index (χ4n) is 4.91. The largest absolute Gasteiger partial charge is 0.477 e. The smallest absolute Gasteiger partial charge is 0.353 e. The van der Waals surface area contributed by atoms with Crippen molar-refractivity contribution in [1.82, 2.24) is 15.1 Å². The lowest BCUT2D eigenvalue weighted by atomic mass is 9.79. The topological polar surface area (TPSA) is 149 Å². The number of aliphatic carboxylic acids is 1. The molecule has 5 N–H and O–H groups in total. The van der Waals surface area contributed by atoms with E-state index in [2.05, 4.69) is 10.3 Å². The Hall–Kier alpha value is -2.11. The van der Waals surface area contributed by atoms with Crippen LogP contribution in [-0.4, -0.2) is 93.2 Å². The van der Waals surface area contributed by atoms with Gasteiger partial charge in [0.05, 0.1) is 36.5 Å². The summed E-state index contributed by atoms with van der Waals surface area (Å²) >= 11 is 1.44. The van der Waals surface area contributed by atoms with Gasteiger partial charge in [-0.05, 0) is 13.3 Å². The summed E-state index contributed by atoms with van der Waals surface area (Å²) in [4.78, 5) is 44.8. The summed E-state index contributed by atoms with van der Waals surface area (Å²) in [5.74, 6) is -2.17. The number of nitrogens with two attached hydrogens (primary N) is 1. The highest BCUT2D eigenvalue weighted by molar-refractivity contribution is 8.03. The molecule has 4 aliphatic heterocycles. The van der Waals surface area contributed by atoms with Gasteiger partial charge in [0.15, 0.2) is 0 Å². The number of carbonyl (C=O) groups excluding carboxylic acids is 2. The normalized spacial score (nSPS) is 34.9. The second-order valence-corrected chi connectivity index (χ2v) is 9.75. The van der Waals surface area contributed by atoms with E-state index < -0.39 is 18.0 Å². The molecule has 0 saturated carbocycles. The zero-order valence-electron chi connectivity index (χ0n) is 16.9. The molecule has 4 aliphatic rings. The van der Waals surface area contributed by atoms with E-state index in [-0.39, 0.29) is 46.8 Å². The van der Waals surface area contributed by atoms with Crippen LogP contribution in [0.3, 0.4) is 0 Å². The molecule has 0 aromatic heterocycles. The van der Waals surface area contributed by atoms with Crippen LogP contribution in [0.25, 0.3) is 0 Å². The van der Waals surface area contributed by atoms with E-state index in [0.717, 1.165) is 0 Å². The molecule has 4 rings (SSSR count). The van der Waals surface area contributed by atoms with Crippen molar-refractivity contribution >= 4 is 35.9 Å². The summed E-state index contributed by atoms with van der Waals surface area (Å²) in [5.41, 5.74) is 5.31. The lowest BCUT2D eigenvalue weighted by Gasteiger charge is -2.46. The molecule has 0 spiro atoms. The molecule has 2 amide bonds. The van der Waals surface area contributed by atoms with Gasteiger partial charge < -0.3 is 31.1 Å². The number of rotatable bonds is 6. The summed E-state index contributed by atoms with van der Waals surface area (Å²) in [6.45, 7) is 5.18. The molecule has 0 unspecified atom stereocenters. The zero-order valence-corrected chi connectivity index (χ0v) is 17.7. The average Bonchev–Trinajstić information content (AvgIpc) is 3.20. The minimum absolute atomic E-state index is 0.0272. The third-order valence-electron chi connectivity index (χ3n) is 6.46. The number of amides is 2. The lowest BCUT2D eigenvalue weighted by Crippen LogP contribution is -2.63. The van der Waals surface area contributed by atoms with Crippen molar-refractivity contribution in [2.75, 3.05) is 19.6 Å². The van der Waals surface area contributed by atoms with E-state index in [1.165, 1.54) is 23.0 Å². The molecule has 0 aliphatic carbocycles. The SMILES string of the molecule is C[C@H](O)[C@H]1C(=O)N2C(C(=O)O)=C(S[C@@H]3CN[C@H](C(=O)N4CC(N=CN)C4)C3)[C@H](C)[C@H]12. The van der Waals surface area contributed by atoms with Gasteiger partial charge in [-0.2, -0.15) is 0 Å². The first-order chi connectivity index (χ1) is 14.2. The number of β-lactam (4-membered cyclic amide) rings is 1. The van der Waals surface area contributed by atoms with E-state index in [1.807, 2.05) is 6.92 Å². The first-order valence-corrected chi connectivity index (χ1v) is 11.0. The molecule has 0 bridgehead atoms. The van der Waals surface area contributed by atoms with Gasteiger partial charge in [-0.3, -0.25) is 14.6 Å². The third-order valence-corrected chi connectivity index (χ3v) is 7.98. The molecule has 0 radical (unpaired) electrons. The Morgan fingerprint density at radius 3 is 2.70 bits per heavy atom. The van der Waals surface area contributed by atoms with Gasteiger partial charge in [0.1, 0.15) is 5.70 Å². The van der Waals surface area contributed by atoms with Gasteiger partial charge in [-0.15, -0.1) is 11.8 Å². The first-order valence-electron chi connectivity index (χ1n) is 10.1. The number of aliphatic imine (C=N–C) groups is 1. The highest BCUT2D eigenvalue weighted by atomic mass is 32.2. The number of carbonyl (C=O) groups is 3. The minimum Gasteiger partial charge on any atom is -0.477 e. The van der Waals surface area contributed by atoms with Crippen LogP contribution >= 0.6 is 11.8 Å². The van der Waals surface area contributed by atoms with Crippen LogP contribution in [0.5, 0.6) is 0 Å². The van der Waals surface area contributed by atoms with Crippen molar-refractivity contribution in [2.24, 2.45) is 22.6 Å².